The van der Waals surface area contributed by atoms with E-state index in [2.05, 4.69) is 16.7 Å². The molecule has 4 heteroatoms. The van der Waals surface area contributed by atoms with E-state index in [1.54, 1.807) is 11.3 Å². The van der Waals surface area contributed by atoms with Crippen LogP contribution in [-0.4, -0.2) is 11.1 Å². The molecule has 0 unspecified atom stereocenters. The minimum Gasteiger partial charge on any atom is -0.329 e. The van der Waals surface area contributed by atoms with E-state index in [1.807, 2.05) is 12.1 Å². The molecule has 68 valence electrons. The molecule has 0 bridgehead atoms. The number of benzene rings is 1. The summed E-state index contributed by atoms with van der Waals surface area (Å²) in [7, 11) is 0. The smallest absolute Gasteiger partial charge is 0.162 e. The first kappa shape index (κ1) is 8.87. The molecule has 0 amide bonds. The lowest BCUT2D eigenvalue weighted by molar-refractivity contribution is 0.732. The van der Waals surface area contributed by atoms with E-state index in [9.17, 15) is 0 Å². The average molecular weight is 210 g/mol. The molecular formula is C9H10N2S2. The first-order valence-electron chi connectivity index (χ1n) is 4.11. The van der Waals surface area contributed by atoms with Crippen LogP contribution in [-0.2, 0) is 6.54 Å². The number of fused-ring (bicyclic) bond motifs is 1. The van der Waals surface area contributed by atoms with Gasteiger partial charge in [0.05, 0.1) is 10.2 Å². The summed E-state index contributed by atoms with van der Waals surface area (Å²) in [4.78, 5) is 0. The molecule has 2 N–H and O–H groups in total. The second kappa shape index (κ2) is 3.57. The van der Waals surface area contributed by atoms with Gasteiger partial charge in [0.2, 0.25) is 0 Å². The van der Waals surface area contributed by atoms with E-state index >= 15 is 0 Å². The highest BCUT2D eigenvalue weighted by Gasteiger charge is 2.01. The van der Waals surface area contributed by atoms with Gasteiger partial charge in [0.25, 0.3) is 0 Å². The first-order valence-corrected chi connectivity index (χ1v) is 5.34. The van der Waals surface area contributed by atoms with Gasteiger partial charge in [-0.15, -0.1) is 11.3 Å². The molecule has 1 heterocycles. The standard InChI is InChI=1S/C9H10N2S2/c10-5-6-11-7-3-1-2-4-8(7)13-9(11)12/h1-4H,5-6,10H2. The fourth-order valence-electron chi connectivity index (χ4n) is 1.35. The molecule has 2 rings (SSSR count). The van der Waals surface area contributed by atoms with E-state index in [-0.39, 0.29) is 0 Å². The Hall–Kier alpha value is -0.710. The zero-order chi connectivity index (χ0) is 9.26. The predicted octanol–water partition coefficient (Wildman–Crippen LogP) is 2.39. The maximum absolute atomic E-state index is 5.52. The van der Waals surface area contributed by atoms with E-state index in [1.165, 1.54) is 10.2 Å². The summed E-state index contributed by atoms with van der Waals surface area (Å²) < 4.78 is 4.24. The molecule has 0 saturated heterocycles. The summed E-state index contributed by atoms with van der Waals surface area (Å²) in [6.45, 7) is 1.44. The number of para-hydroxylation sites is 1. The van der Waals surface area contributed by atoms with Crippen molar-refractivity contribution in [3.8, 4) is 0 Å². The fraction of sp³-hybridized carbons (Fsp3) is 0.222. The lowest BCUT2D eigenvalue weighted by Crippen LogP contribution is -2.09. The van der Waals surface area contributed by atoms with Gasteiger partial charge < -0.3 is 10.3 Å². The Bertz CT molecular complexity index is 470. The van der Waals surface area contributed by atoms with Crippen LogP contribution >= 0.6 is 23.6 Å². The summed E-state index contributed by atoms with van der Waals surface area (Å²) in [6.07, 6.45) is 0. The van der Waals surface area contributed by atoms with Gasteiger partial charge in [0, 0.05) is 13.1 Å². The normalized spacial score (nSPS) is 10.8. The van der Waals surface area contributed by atoms with Crippen molar-refractivity contribution < 1.29 is 0 Å². The van der Waals surface area contributed by atoms with Crippen LogP contribution in [0.5, 0.6) is 0 Å². The maximum Gasteiger partial charge on any atom is 0.162 e. The second-order valence-electron chi connectivity index (χ2n) is 2.78. The van der Waals surface area contributed by atoms with E-state index < -0.39 is 0 Å². The summed E-state index contributed by atoms with van der Waals surface area (Å²) in [5.74, 6) is 0. The largest absolute Gasteiger partial charge is 0.329 e. The van der Waals surface area contributed by atoms with Crippen molar-refractivity contribution in [1.82, 2.24) is 4.57 Å². The van der Waals surface area contributed by atoms with Crippen molar-refractivity contribution in [2.75, 3.05) is 6.54 Å². The minimum atomic E-state index is 0.634. The molecule has 0 atom stereocenters. The predicted molar refractivity (Wildman–Crippen MR) is 59.7 cm³/mol. The van der Waals surface area contributed by atoms with Crippen LogP contribution in [0, 0.1) is 3.95 Å². The van der Waals surface area contributed by atoms with Gasteiger partial charge in [-0.3, -0.25) is 0 Å². The Morgan fingerprint density at radius 1 is 1.38 bits per heavy atom. The van der Waals surface area contributed by atoms with E-state index in [0.29, 0.717) is 6.54 Å². The first-order chi connectivity index (χ1) is 6.33. The van der Waals surface area contributed by atoms with Crippen LogP contribution < -0.4 is 5.73 Å². The van der Waals surface area contributed by atoms with Gasteiger partial charge in [0.15, 0.2) is 3.95 Å². The Kier molecular flexibility index (Phi) is 2.44. The molecule has 0 aliphatic carbocycles. The molecular weight excluding hydrogens is 200 g/mol. The third kappa shape index (κ3) is 1.52. The SMILES string of the molecule is NCCn1c(=S)sc2ccccc21. The number of nitrogens with zero attached hydrogens (tertiary/aromatic N) is 1. The van der Waals surface area contributed by atoms with Crippen molar-refractivity contribution in [3.05, 3.63) is 28.2 Å². The highest BCUT2D eigenvalue weighted by atomic mass is 32.1. The van der Waals surface area contributed by atoms with Gasteiger partial charge in [-0.25, -0.2) is 0 Å². The molecule has 0 saturated carbocycles. The number of hydrogen-bond donors (Lipinski definition) is 1. The van der Waals surface area contributed by atoms with E-state index in [0.717, 1.165) is 10.5 Å². The summed E-state index contributed by atoms with van der Waals surface area (Å²) in [6, 6.07) is 8.22. The minimum absolute atomic E-state index is 0.634. The van der Waals surface area contributed by atoms with Crippen molar-refractivity contribution in [2.24, 2.45) is 5.73 Å². The zero-order valence-electron chi connectivity index (χ0n) is 7.06. The molecule has 13 heavy (non-hydrogen) atoms. The van der Waals surface area contributed by atoms with Crippen molar-refractivity contribution >= 4 is 33.8 Å². The maximum atomic E-state index is 5.52. The topological polar surface area (TPSA) is 30.9 Å². The number of thiazole rings is 1. The van der Waals surface area contributed by atoms with Gasteiger partial charge in [0.1, 0.15) is 0 Å². The molecule has 2 aromatic rings. The molecule has 0 aliphatic heterocycles. The van der Waals surface area contributed by atoms with Crippen molar-refractivity contribution in [2.45, 2.75) is 6.54 Å². The fourth-order valence-corrected chi connectivity index (χ4v) is 2.73. The van der Waals surface area contributed by atoms with Gasteiger partial charge in [-0.05, 0) is 24.4 Å². The highest BCUT2D eigenvalue weighted by Crippen LogP contribution is 2.22. The Labute approximate surface area is 85.6 Å². The average Bonchev–Trinajstić information content (AvgIpc) is 2.44. The Balaban J connectivity index is 2.71. The summed E-state index contributed by atoms with van der Waals surface area (Å²) in [5, 5.41) is 0. The van der Waals surface area contributed by atoms with Crippen molar-refractivity contribution in [3.63, 3.8) is 0 Å². The zero-order valence-corrected chi connectivity index (χ0v) is 8.70. The number of aromatic nitrogens is 1. The van der Waals surface area contributed by atoms with Crippen LogP contribution in [0.3, 0.4) is 0 Å². The van der Waals surface area contributed by atoms with Crippen LogP contribution in [0.1, 0.15) is 0 Å². The van der Waals surface area contributed by atoms with E-state index in [4.69, 9.17) is 18.0 Å². The number of hydrogen-bond acceptors (Lipinski definition) is 3. The lowest BCUT2D eigenvalue weighted by Gasteiger charge is -2.00. The number of nitrogens with two attached hydrogens (primary N) is 1. The van der Waals surface area contributed by atoms with Crippen LogP contribution in [0.4, 0.5) is 0 Å². The molecule has 0 radical (unpaired) electrons. The van der Waals surface area contributed by atoms with Gasteiger partial charge in [-0.1, -0.05) is 12.1 Å². The molecule has 1 aromatic heterocycles. The molecule has 0 aliphatic rings. The summed E-state index contributed by atoms with van der Waals surface area (Å²) >= 11 is 6.89. The molecule has 0 fully saturated rings. The third-order valence-corrected chi connectivity index (χ3v) is 3.36. The lowest BCUT2D eigenvalue weighted by atomic mass is 10.3. The second-order valence-corrected chi connectivity index (χ2v) is 4.45. The monoisotopic (exact) mass is 210 g/mol. The molecule has 2 nitrogen and oxygen atoms in total. The van der Waals surface area contributed by atoms with Crippen LogP contribution in [0.25, 0.3) is 10.2 Å². The van der Waals surface area contributed by atoms with Gasteiger partial charge in [-0.2, -0.15) is 0 Å². The van der Waals surface area contributed by atoms with Crippen molar-refractivity contribution in [1.29, 1.82) is 0 Å². The van der Waals surface area contributed by atoms with Crippen LogP contribution in [0.2, 0.25) is 0 Å². The highest BCUT2D eigenvalue weighted by molar-refractivity contribution is 7.73. The van der Waals surface area contributed by atoms with Gasteiger partial charge >= 0.3 is 0 Å². The summed E-state index contributed by atoms with van der Waals surface area (Å²) in [5.41, 5.74) is 6.71. The Morgan fingerprint density at radius 3 is 2.92 bits per heavy atom. The molecule has 1 aromatic carbocycles. The molecule has 0 spiro atoms. The quantitative estimate of drug-likeness (QED) is 0.772. The van der Waals surface area contributed by atoms with Crippen LogP contribution in [0.15, 0.2) is 24.3 Å². The Morgan fingerprint density at radius 2 is 2.15 bits per heavy atom. The third-order valence-electron chi connectivity index (χ3n) is 1.93. The number of rotatable bonds is 2.